The van der Waals surface area contributed by atoms with E-state index in [1.165, 1.54) is 12.1 Å². The zero-order chi connectivity index (χ0) is 16.3. The fourth-order valence-corrected chi connectivity index (χ4v) is 2.71. The molecule has 2 aromatic rings. The zero-order valence-electron chi connectivity index (χ0n) is 12.0. The second-order valence-electron chi connectivity index (χ2n) is 4.81. The SMILES string of the molecule is CCc1cc(C(=O)O)cc(C(=O)O)c1-c1ccccc1CCl. The van der Waals surface area contributed by atoms with Gasteiger partial charge < -0.3 is 10.2 Å². The second kappa shape index (κ2) is 6.62. The van der Waals surface area contributed by atoms with Gasteiger partial charge in [-0.3, -0.25) is 0 Å². The van der Waals surface area contributed by atoms with Crippen molar-refractivity contribution >= 4 is 23.5 Å². The van der Waals surface area contributed by atoms with E-state index in [9.17, 15) is 14.7 Å². The molecule has 0 heterocycles. The van der Waals surface area contributed by atoms with Gasteiger partial charge in [0.1, 0.15) is 0 Å². The lowest BCUT2D eigenvalue weighted by molar-refractivity contribution is 0.0696. The Morgan fingerprint density at radius 2 is 1.73 bits per heavy atom. The van der Waals surface area contributed by atoms with Gasteiger partial charge in [0, 0.05) is 5.88 Å². The van der Waals surface area contributed by atoms with Crippen LogP contribution in [0.2, 0.25) is 0 Å². The van der Waals surface area contributed by atoms with Gasteiger partial charge in [0.2, 0.25) is 0 Å². The molecule has 5 heteroatoms. The molecule has 0 aliphatic rings. The quantitative estimate of drug-likeness (QED) is 0.815. The molecule has 0 atom stereocenters. The van der Waals surface area contributed by atoms with Crippen molar-refractivity contribution in [2.75, 3.05) is 0 Å². The summed E-state index contributed by atoms with van der Waals surface area (Å²) in [4.78, 5) is 22.8. The summed E-state index contributed by atoms with van der Waals surface area (Å²) in [5, 5.41) is 18.7. The minimum absolute atomic E-state index is 0.0192. The van der Waals surface area contributed by atoms with Crippen molar-refractivity contribution < 1.29 is 19.8 Å². The van der Waals surface area contributed by atoms with E-state index in [-0.39, 0.29) is 17.0 Å². The Morgan fingerprint density at radius 3 is 2.27 bits per heavy atom. The fraction of sp³-hybridized carbons (Fsp3) is 0.176. The van der Waals surface area contributed by atoms with Crippen molar-refractivity contribution in [2.24, 2.45) is 0 Å². The average Bonchev–Trinajstić information content (AvgIpc) is 2.53. The highest BCUT2D eigenvalue weighted by atomic mass is 35.5. The topological polar surface area (TPSA) is 74.6 Å². The van der Waals surface area contributed by atoms with Crippen molar-refractivity contribution in [2.45, 2.75) is 19.2 Å². The highest BCUT2D eigenvalue weighted by Gasteiger charge is 2.20. The maximum Gasteiger partial charge on any atom is 0.336 e. The molecular formula is C17H15ClO4. The summed E-state index contributed by atoms with van der Waals surface area (Å²) in [6.45, 7) is 1.86. The van der Waals surface area contributed by atoms with E-state index in [0.29, 0.717) is 17.5 Å². The van der Waals surface area contributed by atoms with Gasteiger partial charge in [-0.2, -0.15) is 0 Å². The number of carboxylic acids is 2. The molecule has 0 spiro atoms. The molecule has 0 unspecified atom stereocenters. The highest BCUT2D eigenvalue weighted by molar-refractivity contribution is 6.17. The Kier molecular flexibility index (Phi) is 4.83. The summed E-state index contributed by atoms with van der Waals surface area (Å²) in [6, 6.07) is 10.00. The van der Waals surface area contributed by atoms with E-state index in [1.807, 2.05) is 25.1 Å². The third-order valence-electron chi connectivity index (χ3n) is 3.51. The molecule has 2 rings (SSSR count). The van der Waals surface area contributed by atoms with E-state index in [4.69, 9.17) is 16.7 Å². The van der Waals surface area contributed by atoms with Crippen molar-refractivity contribution in [3.8, 4) is 11.1 Å². The Labute approximate surface area is 133 Å². The molecule has 2 N–H and O–H groups in total. The zero-order valence-corrected chi connectivity index (χ0v) is 12.7. The molecule has 0 saturated heterocycles. The molecule has 4 nitrogen and oxygen atoms in total. The van der Waals surface area contributed by atoms with E-state index in [0.717, 1.165) is 11.1 Å². The minimum atomic E-state index is -1.16. The molecule has 0 radical (unpaired) electrons. The lowest BCUT2D eigenvalue weighted by Gasteiger charge is -2.16. The number of alkyl halides is 1. The van der Waals surface area contributed by atoms with Crippen molar-refractivity contribution in [3.05, 3.63) is 58.7 Å². The predicted octanol–water partition coefficient (Wildman–Crippen LogP) is 4.05. The van der Waals surface area contributed by atoms with Crippen LogP contribution in [0.4, 0.5) is 0 Å². The van der Waals surface area contributed by atoms with Crippen LogP contribution in [0.1, 0.15) is 38.8 Å². The molecule has 0 amide bonds. The van der Waals surface area contributed by atoms with E-state index < -0.39 is 11.9 Å². The number of aryl methyl sites for hydroxylation is 1. The Hall–Kier alpha value is -2.33. The predicted molar refractivity (Wildman–Crippen MR) is 84.7 cm³/mol. The largest absolute Gasteiger partial charge is 0.478 e. The van der Waals surface area contributed by atoms with Crippen LogP contribution in [0.5, 0.6) is 0 Å². The minimum Gasteiger partial charge on any atom is -0.478 e. The number of benzene rings is 2. The van der Waals surface area contributed by atoms with Gasteiger partial charge in [0.15, 0.2) is 0 Å². The highest BCUT2D eigenvalue weighted by Crippen LogP contribution is 2.33. The molecule has 0 fully saturated rings. The first-order valence-electron chi connectivity index (χ1n) is 6.77. The monoisotopic (exact) mass is 318 g/mol. The van der Waals surface area contributed by atoms with Gasteiger partial charge >= 0.3 is 11.9 Å². The number of hydrogen-bond donors (Lipinski definition) is 2. The molecular weight excluding hydrogens is 304 g/mol. The number of carboxylic acid groups (broad SMARTS) is 2. The van der Waals surface area contributed by atoms with Crippen LogP contribution in [-0.4, -0.2) is 22.2 Å². The summed E-state index contributed by atoms with van der Waals surface area (Å²) < 4.78 is 0. The van der Waals surface area contributed by atoms with Crippen molar-refractivity contribution in [1.29, 1.82) is 0 Å². The van der Waals surface area contributed by atoms with Crippen LogP contribution < -0.4 is 0 Å². The van der Waals surface area contributed by atoms with E-state index in [2.05, 4.69) is 0 Å². The van der Waals surface area contributed by atoms with Crippen LogP contribution in [0, 0.1) is 0 Å². The molecule has 22 heavy (non-hydrogen) atoms. The number of aromatic carboxylic acids is 2. The summed E-state index contributed by atoms with van der Waals surface area (Å²) >= 11 is 5.95. The lowest BCUT2D eigenvalue weighted by Crippen LogP contribution is -2.08. The third-order valence-corrected chi connectivity index (χ3v) is 3.80. The molecule has 0 aromatic heterocycles. The maximum absolute atomic E-state index is 11.6. The van der Waals surface area contributed by atoms with Crippen LogP contribution in [-0.2, 0) is 12.3 Å². The molecule has 2 aromatic carbocycles. The Bertz CT molecular complexity index is 737. The Balaban J connectivity index is 2.84. The first-order chi connectivity index (χ1) is 10.5. The van der Waals surface area contributed by atoms with Gasteiger partial charge in [-0.05, 0) is 40.8 Å². The summed E-state index contributed by atoms with van der Waals surface area (Å²) in [5.74, 6) is -2.05. The van der Waals surface area contributed by atoms with Crippen LogP contribution >= 0.6 is 11.6 Å². The lowest BCUT2D eigenvalue weighted by atomic mass is 9.89. The smallest absolute Gasteiger partial charge is 0.336 e. The van der Waals surface area contributed by atoms with Gasteiger partial charge in [-0.15, -0.1) is 11.6 Å². The maximum atomic E-state index is 11.6. The standard InChI is InChI=1S/C17H15ClO4/c1-2-10-7-12(16(19)20)8-14(17(21)22)15(10)13-6-4-3-5-11(13)9-18/h3-8H,2,9H2,1H3,(H,19,20)(H,21,22). The average molecular weight is 319 g/mol. The van der Waals surface area contributed by atoms with Gasteiger partial charge in [0.25, 0.3) is 0 Å². The molecule has 114 valence electrons. The van der Waals surface area contributed by atoms with Gasteiger partial charge in [-0.25, -0.2) is 9.59 Å². The van der Waals surface area contributed by atoms with Crippen molar-refractivity contribution in [1.82, 2.24) is 0 Å². The Morgan fingerprint density at radius 1 is 1.05 bits per heavy atom. The first kappa shape index (κ1) is 16.0. The molecule has 0 aliphatic heterocycles. The molecule has 0 saturated carbocycles. The molecule has 0 bridgehead atoms. The normalized spacial score (nSPS) is 10.5. The number of hydrogen-bond acceptors (Lipinski definition) is 2. The second-order valence-corrected chi connectivity index (χ2v) is 5.08. The van der Waals surface area contributed by atoms with E-state index >= 15 is 0 Å². The first-order valence-corrected chi connectivity index (χ1v) is 7.30. The van der Waals surface area contributed by atoms with Crippen LogP contribution in [0.25, 0.3) is 11.1 Å². The number of carbonyl (C=O) groups is 2. The van der Waals surface area contributed by atoms with Gasteiger partial charge in [-0.1, -0.05) is 31.2 Å². The number of halogens is 1. The van der Waals surface area contributed by atoms with Crippen LogP contribution in [0.15, 0.2) is 36.4 Å². The number of rotatable bonds is 5. The van der Waals surface area contributed by atoms with Gasteiger partial charge in [0.05, 0.1) is 11.1 Å². The summed E-state index contributed by atoms with van der Waals surface area (Å²) in [7, 11) is 0. The van der Waals surface area contributed by atoms with Crippen LogP contribution in [0.3, 0.4) is 0 Å². The third kappa shape index (κ3) is 2.97. The summed E-state index contributed by atoms with van der Waals surface area (Å²) in [6.07, 6.45) is 0.521. The summed E-state index contributed by atoms with van der Waals surface area (Å²) in [5.41, 5.74) is 2.70. The van der Waals surface area contributed by atoms with E-state index in [1.54, 1.807) is 6.07 Å². The van der Waals surface area contributed by atoms with Crippen molar-refractivity contribution in [3.63, 3.8) is 0 Å². The molecule has 0 aliphatic carbocycles. The fourth-order valence-electron chi connectivity index (χ4n) is 2.47.